The molecule has 0 unspecified atom stereocenters. The monoisotopic (exact) mass is 409 g/mol. The van der Waals surface area contributed by atoms with Crippen LogP contribution in [0.25, 0.3) is 0 Å². The van der Waals surface area contributed by atoms with Gasteiger partial charge >= 0.3 is 0 Å². The number of piperidine rings is 1. The van der Waals surface area contributed by atoms with E-state index in [-0.39, 0.29) is 0 Å². The zero-order valence-corrected chi connectivity index (χ0v) is 17.8. The first-order valence-corrected chi connectivity index (χ1v) is 11.0. The van der Waals surface area contributed by atoms with Crippen LogP contribution in [0.1, 0.15) is 18.4 Å². The summed E-state index contributed by atoms with van der Waals surface area (Å²) in [7, 11) is 1.72. The fourth-order valence-corrected chi connectivity index (χ4v) is 4.97. The van der Waals surface area contributed by atoms with Gasteiger partial charge in [-0.3, -0.25) is 9.80 Å². The molecule has 6 nitrogen and oxygen atoms in total. The lowest BCUT2D eigenvalue weighted by atomic mass is 10.0. The second-order valence-corrected chi connectivity index (χ2v) is 8.40. The second kappa shape index (κ2) is 8.74. The van der Waals surface area contributed by atoms with Gasteiger partial charge in [-0.15, -0.1) is 0 Å². The third kappa shape index (κ3) is 4.07. The Kier molecular flexibility index (Phi) is 5.69. The predicted molar refractivity (Wildman–Crippen MR) is 118 cm³/mol. The van der Waals surface area contributed by atoms with Gasteiger partial charge in [0.1, 0.15) is 5.75 Å². The Morgan fingerprint density at radius 3 is 2.60 bits per heavy atom. The Morgan fingerprint density at radius 2 is 1.80 bits per heavy atom. The maximum absolute atomic E-state index is 5.71. The molecule has 0 radical (unpaired) electrons. The molecule has 1 atom stereocenters. The van der Waals surface area contributed by atoms with Gasteiger partial charge in [-0.2, -0.15) is 0 Å². The summed E-state index contributed by atoms with van der Waals surface area (Å²) < 4.78 is 16.5. The maximum Gasteiger partial charge on any atom is 0.231 e. The number of anilines is 1. The van der Waals surface area contributed by atoms with E-state index in [0.29, 0.717) is 12.8 Å². The van der Waals surface area contributed by atoms with Crippen molar-refractivity contribution in [3.8, 4) is 17.2 Å². The second-order valence-electron chi connectivity index (χ2n) is 8.40. The molecule has 3 aliphatic rings. The van der Waals surface area contributed by atoms with Gasteiger partial charge in [0, 0.05) is 56.6 Å². The van der Waals surface area contributed by atoms with E-state index in [0.717, 1.165) is 63.1 Å². The highest BCUT2D eigenvalue weighted by molar-refractivity contribution is 5.49. The summed E-state index contributed by atoms with van der Waals surface area (Å²) in [5, 5.41) is 0. The predicted octanol–water partition coefficient (Wildman–Crippen LogP) is 3.21. The van der Waals surface area contributed by atoms with Crippen LogP contribution < -0.4 is 19.1 Å². The van der Waals surface area contributed by atoms with Crippen molar-refractivity contribution in [1.82, 2.24) is 9.80 Å². The van der Waals surface area contributed by atoms with E-state index in [1.807, 2.05) is 6.07 Å². The van der Waals surface area contributed by atoms with Crippen LogP contribution in [0.3, 0.4) is 0 Å². The molecular formula is C24H31N3O3. The first kappa shape index (κ1) is 19.5. The first-order chi connectivity index (χ1) is 14.8. The van der Waals surface area contributed by atoms with E-state index < -0.39 is 0 Å². The van der Waals surface area contributed by atoms with Crippen LogP contribution >= 0.6 is 0 Å². The van der Waals surface area contributed by atoms with Gasteiger partial charge in [-0.05, 0) is 49.7 Å². The SMILES string of the molecule is COc1ccc(N2CCN([C@H]3CCCN(Cc4cccc5c4OCO5)C3)CC2)cc1. The van der Waals surface area contributed by atoms with Crippen LogP contribution in [-0.2, 0) is 6.54 Å². The highest BCUT2D eigenvalue weighted by Gasteiger charge is 2.29. The molecule has 2 saturated heterocycles. The van der Waals surface area contributed by atoms with Crippen molar-refractivity contribution >= 4 is 5.69 Å². The first-order valence-electron chi connectivity index (χ1n) is 11.0. The van der Waals surface area contributed by atoms with Gasteiger partial charge in [0.2, 0.25) is 6.79 Å². The molecule has 0 spiro atoms. The average Bonchev–Trinajstić information content (AvgIpc) is 3.30. The van der Waals surface area contributed by atoms with Crippen molar-refractivity contribution in [2.24, 2.45) is 0 Å². The summed E-state index contributed by atoms with van der Waals surface area (Å²) in [5.41, 5.74) is 2.54. The van der Waals surface area contributed by atoms with Crippen molar-refractivity contribution in [3.63, 3.8) is 0 Å². The van der Waals surface area contributed by atoms with E-state index in [1.54, 1.807) is 7.11 Å². The maximum atomic E-state index is 5.71. The van der Waals surface area contributed by atoms with E-state index >= 15 is 0 Å². The summed E-state index contributed by atoms with van der Waals surface area (Å²) in [6.45, 7) is 7.99. The van der Waals surface area contributed by atoms with Crippen molar-refractivity contribution in [2.75, 3.05) is 58.1 Å². The molecule has 160 valence electrons. The molecule has 0 saturated carbocycles. The Morgan fingerprint density at radius 1 is 0.967 bits per heavy atom. The van der Waals surface area contributed by atoms with Gasteiger partial charge in [0.25, 0.3) is 0 Å². The summed E-state index contributed by atoms with van der Waals surface area (Å²) in [6, 6.07) is 15.3. The quantitative estimate of drug-likeness (QED) is 0.755. The fourth-order valence-electron chi connectivity index (χ4n) is 4.97. The van der Waals surface area contributed by atoms with E-state index in [4.69, 9.17) is 14.2 Å². The Balaban J connectivity index is 1.16. The molecule has 2 fully saturated rings. The van der Waals surface area contributed by atoms with Crippen molar-refractivity contribution in [2.45, 2.75) is 25.4 Å². The van der Waals surface area contributed by atoms with E-state index in [1.165, 1.54) is 24.1 Å². The average molecular weight is 410 g/mol. The smallest absolute Gasteiger partial charge is 0.231 e. The van der Waals surface area contributed by atoms with E-state index in [9.17, 15) is 0 Å². The number of methoxy groups -OCH3 is 1. The molecule has 30 heavy (non-hydrogen) atoms. The van der Waals surface area contributed by atoms with Gasteiger partial charge in [0.15, 0.2) is 11.5 Å². The van der Waals surface area contributed by atoms with Crippen LogP contribution in [0.15, 0.2) is 42.5 Å². The zero-order chi connectivity index (χ0) is 20.3. The lowest BCUT2D eigenvalue weighted by Crippen LogP contribution is -2.55. The molecule has 0 N–H and O–H groups in total. The van der Waals surface area contributed by atoms with Gasteiger partial charge in [0.05, 0.1) is 7.11 Å². The molecule has 0 aliphatic carbocycles. The van der Waals surface area contributed by atoms with Gasteiger partial charge in [-0.25, -0.2) is 0 Å². The molecule has 0 bridgehead atoms. The number of piperazine rings is 1. The topological polar surface area (TPSA) is 37.4 Å². The minimum absolute atomic E-state index is 0.341. The lowest BCUT2D eigenvalue weighted by molar-refractivity contribution is 0.0880. The number of para-hydroxylation sites is 1. The largest absolute Gasteiger partial charge is 0.497 e. The minimum atomic E-state index is 0.341. The molecule has 3 aliphatic heterocycles. The Bertz CT molecular complexity index is 849. The van der Waals surface area contributed by atoms with Gasteiger partial charge < -0.3 is 19.1 Å². The molecular weight excluding hydrogens is 378 g/mol. The standard InChI is InChI=1S/C24H31N3O3/c1-28-22-9-7-20(8-10-22)26-12-14-27(15-13-26)21-5-3-11-25(17-21)16-19-4-2-6-23-24(19)30-18-29-23/h2,4,6-10,21H,3,5,11-18H2,1H3/t21-/m0/s1. The number of hydrogen-bond donors (Lipinski definition) is 0. The number of fused-ring (bicyclic) bond motifs is 1. The molecule has 2 aromatic rings. The molecule has 6 heteroatoms. The van der Waals surface area contributed by atoms with Crippen molar-refractivity contribution in [1.29, 1.82) is 0 Å². The zero-order valence-electron chi connectivity index (χ0n) is 17.8. The third-order valence-electron chi connectivity index (χ3n) is 6.62. The molecule has 0 amide bonds. The fraction of sp³-hybridized carbons (Fsp3) is 0.500. The van der Waals surface area contributed by atoms with Crippen LogP contribution in [0.2, 0.25) is 0 Å². The molecule has 3 heterocycles. The van der Waals surface area contributed by atoms with Crippen LogP contribution in [-0.4, -0.2) is 69.0 Å². The number of rotatable bonds is 5. The lowest BCUT2D eigenvalue weighted by Gasteiger charge is -2.44. The molecule has 5 rings (SSSR count). The number of likely N-dealkylation sites (tertiary alicyclic amines) is 1. The number of nitrogens with zero attached hydrogens (tertiary/aromatic N) is 3. The third-order valence-corrected chi connectivity index (χ3v) is 6.62. The number of benzene rings is 2. The molecule has 0 aromatic heterocycles. The van der Waals surface area contributed by atoms with E-state index in [2.05, 4.69) is 51.1 Å². The van der Waals surface area contributed by atoms with Crippen LogP contribution in [0, 0.1) is 0 Å². The number of hydrogen-bond acceptors (Lipinski definition) is 6. The van der Waals surface area contributed by atoms with Crippen LogP contribution in [0.4, 0.5) is 5.69 Å². The normalized spacial score (nSPS) is 22.3. The van der Waals surface area contributed by atoms with Crippen LogP contribution in [0.5, 0.6) is 17.2 Å². The summed E-state index contributed by atoms with van der Waals surface area (Å²) >= 11 is 0. The Hall–Kier alpha value is -2.44. The minimum Gasteiger partial charge on any atom is -0.497 e. The molecule has 2 aromatic carbocycles. The summed E-state index contributed by atoms with van der Waals surface area (Å²) in [6.07, 6.45) is 2.56. The summed E-state index contributed by atoms with van der Waals surface area (Å²) in [5.74, 6) is 2.74. The van der Waals surface area contributed by atoms with Gasteiger partial charge in [-0.1, -0.05) is 12.1 Å². The Labute approximate surface area is 178 Å². The van der Waals surface area contributed by atoms with Crippen molar-refractivity contribution in [3.05, 3.63) is 48.0 Å². The highest BCUT2D eigenvalue weighted by Crippen LogP contribution is 2.36. The number of ether oxygens (including phenoxy) is 3. The highest BCUT2D eigenvalue weighted by atomic mass is 16.7. The summed E-state index contributed by atoms with van der Waals surface area (Å²) in [4.78, 5) is 7.77. The van der Waals surface area contributed by atoms with Crippen molar-refractivity contribution < 1.29 is 14.2 Å².